The van der Waals surface area contributed by atoms with Crippen molar-refractivity contribution in [2.75, 3.05) is 7.11 Å². The van der Waals surface area contributed by atoms with Crippen molar-refractivity contribution in [2.45, 2.75) is 5.37 Å². The van der Waals surface area contributed by atoms with Crippen LogP contribution >= 0.6 is 11.8 Å². The van der Waals surface area contributed by atoms with Gasteiger partial charge in [-0.15, -0.1) is 0 Å². The van der Waals surface area contributed by atoms with Gasteiger partial charge < -0.3 is 9.84 Å². The molecule has 3 rings (SSSR count). The van der Waals surface area contributed by atoms with Crippen molar-refractivity contribution in [3.05, 3.63) is 63.7 Å². The Bertz CT molecular complexity index is 794. The first kappa shape index (κ1) is 15.2. The third kappa shape index (κ3) is 2.93. The van der Waals surface area contributed by atoms with E-state index < -0.39 is 4.92 Å². The molecule has 8 heteroatoms. The van der Waals surface area contributed by atoms with E-state index in [0.29, 0.717) is 21.9 Å². The average Bonchev–Trinajstić information content (AvgIpc) is 3.04. The minimum Gasteiger partial charge on any atom is -0.507 e. The molecule has 2 aromatic rings. The second-order valence-corrected chi connectivity index (χ2v) is 5.84. The number of methoxy groups -OCH3 is 1. The lowest BCUT2D eigenvalue weighted by Crippen LogP contribution is -2.08. The zero-order chi connectivity index (χ0) is 16.4. The molecule has 0 spiro atoms. The third-order valence-corrected chi connectivity index (χ3v) is 4.48. The van der Waals surface area contributed by atoms with E-state index in [1.807, 2.05) is 0 Å². The molecule has 1 atom stereocenters. The number of hydrogen-bond donors (Lipinski definition) is 2. The number of phenols is 1. The lowest BCUT2D eigenvalue weighted by Gasteiger charge is -2.13. The fraction of sp³-hybridized carbons (Fsp3) is 0.133. The quantitative estimate of drug-likeness (QED) is 0.660. The number of nitro groups is 1. The maximum atomic E-state index is 11.0. The lowest BCUT2D eigenvalue weighted by atomic mass is 10.1. The molecule has 1 unspecified atom stereocenters. The zero-order valence-corrected chi connectivity index (χ0v) is 12.9. The van der Waals surface area contributed by atoms with Crippen molar-refractivity contribution in [3.8, 4) is 11.5 Å². The standard InChI is InChI=1S/C15H13N3O4S/c1-22-13-7-6-9(18(20)21)8-11(13)15-17-16-14(23-15)10-4-2-3-5-12(10)19/h2-8,15,17,19H,1H3. The molecule has 7 nitrogen and oxygen atoms in total. The molecular weight excluding hydrogens is 318 g/mol. The summed E-state index contributed by atoms with van der Waals surface area (Å²) < 4.78 is 5.28. The summed E-state index contributed by atoms with van der Waals surface area (Å²) in [7, 11) is 1.51. The van der Waals surface area contributed by atoms with Gasteiger partial charge in [-0.3, -0.25) is 15.5 Å². The number of para-hydroxylation sites is 1. The molecule has 0 fully saturated rings. The van der Waals surface area contributed by atoms with Crippen LogP contribution in [0.3, 0.4) is 0 Å². The maximum Gasteiger partial charge on any atom is 0.270 e. The van der Waals surface area contributed by atoms with Gasteiger partial charge in [-0.05, 0) is 18.2 Å². The number of ether oxygens (including phenoxy) is 1. The van der Waals surface area contributed by atoms with Crippen molar-refractivity contribution in [3.63, 3.8) is 0 Å². The number of benzene rings is 2. The molecule has 0 radical (unpaired) electrons. The summed E-state index contributed by atoms with van der Waals surface area (Å²) in [5.41, 5.74) is 4.15. The summed E-state index contributed by atoms with van der Waals surface area (Å²) in [4.78, 5) is 10.5. The molecule has 2 aromatic carbocycles. The number of nitrogens with one attached hydrogen (secondary N) is 1. The Morgan fingerprint density at radius 2 is 2.13 bits per heavy atom. The number of aromatic hydroxyl groups is 1. The predicted octanol–water partition coefficient (Wildman–Crippen LogP) is 3.01. The van der Waals surface area contributed by atoms with Gasteiger partial charge in [0.2, 0.25) is 0 Å². The van der Waals surface area contributed by atoms with Gasteiger partial charge in [0.15, 0.2) is 0 Å². The largest absolute Gasteiger partial charge is 0.507 e. The van der Waals surface area contributed by atoms with Crippen molar-refractivity contribution >= 4 is 22.5 Å². The van der Waals surface area contributed by atoms with Gasteiger partial charge in [-0.25, -0.2) is 0 Å². The zero-order valence-electron chi connectivity index (χ0n) is 12.1. The second kappa shape index (κ2) is 6.17. The number of rotatable bonds is 4. The summed E-state index contributed by atoms with van der Waals surface area (Å²) in [6.45, 7) is 0. The van der Waals surface area contributed by atoms with Crippen LogP contribution in [0.5, 0.6) is 11.5 Å². The molecule has 118 valence electrons. The van der Waals surface area contributed by atoms with Gasteiger partial charge in [0, 0.05) is 17.7 Å². The topological polar surface area (TPSA) is 97.0 Å². The van der Waals surface area contributed by atoms with Crippen LogP contribution in [-0.2, 0) is 0 Å². The number of nitrogens with zero attached hydrogens (tertiary/aromatic N) is 2. The van der Waals surface area contributed by atoms with Crippen molar-refractivity contribution in [1.82, 2.24) is 5.43 Å². The molecule has 0 amide bonds. The van der Waals surface area contributed by atoms with Gasteiger partial charge >= 0.3 is 0 Å². The number of hydrazone groups is 1. The molecule has 1 aliphatic rings. The molecule has 0 saturated carbocycles. The lowest BCUT2D eigenvalue weighted by molar-refractivity contribution is -0.384. The molecule has 1 heterocycles. The van der Waals surface area contributed by atoms with Crippen LogP contribution in [0, 0.1) is 10.1 Å². The molecule has 2 N–H and O–H groups in total. The van der Waals surface area contributed by atoms with E-state index >= 15 is 0 Å². The minimum atomic E-state index is -0.451. The van der Waals surface area contributed by atoms with E-state index in [2.05, 4.69) is 10.5 Å². The van der Waals surface area contributed by atoms with E-state index in [-0.39, 0.29) is 16.8 Å². The number of phenolic OH excluding ortho intramolecular Hbond substituents is 1. The highest BCUT2D eigenvalue weighted by Gasteiger charge is 2.27. The van der Waals surface area contributed by atoms with E-state index in [4.69, 9.17) is 4.74 Å². The van der Waals surface area contributed by atoms with E-state index in [0.717, 1.165) is 0 Å². The Balaban J connectivity index is 1.89. The van der Waals surface area contributed by atoms with Crippen LogP contribution < -0.4 is 10.2 Å². The maximum absolute atomic E-state index is 11.0. The smallest absolute Gasteiger partial charge is 0.270 e. The first-order valence-electron chi connectivity index (χ1n) is 6.70. The highest BCUT2D eigenvalue weighted by molar-refractivity contribution is 8.14. The fourth-order valence-electron chi connectivity index (χ4n) is 2.23. The molecule has 0 bridgehead atoms. The minimum absolute atomic E-state index is 0.0146. The Hall–Kier alpha value is -2.74. The van der Waals surface area contributed by atoms with Crippen LogP contribution in [0.1, 0.15) is 16.5 Å². The van der Waals surface area contributed by atoms with E-state index in [9.17, 15) is 15.2 Å². The van der Waals surface area contributed by atoms with E-state index in [1.165, 1.54) is 31.0 Å². The number of hydrogen-bond acceptors (Lipinski definition) is 7. The van der Waals surface area contributed by atoms with E-state index in [1.54, 1.807) is 30.3 Å². The summed E-state index contributed by atoms with van der Waals surface area (Å²) in [5, 5.41) is 25.4. The average molecular weight is 331 g/mol. The number of thioether (sulfide) groups is 1. The number of non-ortho nitro benzene ring substituents is 1. The normalized spacial score (nSPS) is 16.6. The first-order valence-corrected chi connectivity index (χ1v) is 7.58. The van der Waals surface area contributed by atoms with Gasteiger partial charge in [0.1, 0.15) is 21.9 Å². The van der Waals surface area contributed by atoms with Crippen molar-refractivity contribution in [2.24, 2.45) is 5.10 Å². The molecule has 0 saturated heterocycles. The highest BCUT2D eigenvalue weighted by atomic mass is 32.2. The monoisotopic (exact) mass is 331 g/mol. The molecule has 0 aliphatic carbocycles. The molecular formula is C15H13N3O4S. The summed E-state index contributed by atoms with van der Waals surface area (Å²) in [5.74, 6) is 0.668. The summed E-state index contributed by atoms with van der Waals surface area (Å²) in [6.07, 6.45) is 0. The SMILES string of the molecule is COc1ccc([N+](=O)[O-])cc1C1NN=C(c2ccccc2O)S1. The Labute approximate surface area is 136 Å². The summed E-state index contributed by atoms with van der Waals surface area (Å²) >= 11 is 1.36. The van der Waals surface area contributed by atoms with Gasteiger partial charge in [0.05, 0.1) is 17.6 Å². The fourth-order valence-corrected chi connectivity index (χ4v) is 3.28. The van der Waals surface area contributed by atoms with Crippen LogP contribution in [-0.4, -0.2) is 22.2 Å². The van der Waals surface area contributed by atoms with Crippen LogP contribution in [0.2, 0.25) is 0 Å². The number of nitro benzene ring substituents is 1. The Morgan fingerprint density at radius 1 is 1.35 bits per heavy atom. The second-order valence-electron chi connectivity index (χ2n) is 4.74. The van der Waals surface area contributed by atoms with Gasteiger partial charge in [-0.2, -0.15) is 5.10 Å². The molecule has 23 heavy (non-hydrogen) atoms. The van der Waals surface area contributed by atoms with Crippen LogP contribution in [0.15, 0.2) is 47.6 Å². The van der Waals surface area contributed by atoms with Crippen molar-refractivity contribution in [1.29, 1.82) is 0 Å². The summed E-state index contributed by atoms with van der Waals surface area (Å²) in [6, 6.07) is 11.3. The van der Waals surface area contributed by atoms with Crippen molar-refractivity contribution < 1.29 is 14.8 Å². The van der Waals surface area contributed by atoms with Gasteiger partial charge in [-0.1, -0.05) is 23.9 Å². The molecule has 1 aliphatic heterocycles. The van der Waals surface area contributed by atoms with Crippen LogP contribution in [0.4, 0.5) is 5.69 Å². The first-order chi connectivity index (χ1) is 11.1. The Morgan fingerprint density at radius 3 is 2.83 bits per heavy atom. The van der Waals surface area contributed by atoms with Crippen LogP contribution in [0.25, 0.3) is 0 Å². The predicted molar refractivity (Wildman–Crippen MR) is 87.8 cm³/mol. The third-order valence-electron chi connectivity index (χ3n) is 3.35. The van der Waals surface area contributed by atoms with Gasteiger partial charge in [0.25, 0.3) is 5.69 Å². The Kier molecular flexibility index (Phi) is 4.07. The highest BCUT2D eigenvalue weighted by Crippen LogP contribution is 2.41. The molecule has 0 aromatic heterocycles.